The van der Waals surface area contributed by atoms with Crippen molar-refractivity contribution in [2.75, 3.05) is 7.11 Å². The lowest BCUT2D eigenvalue weighted by atomic mass is 10.1. The summed E-state index contributed by atoms with van der Waals surface area (Å²) in [5, 5.41) is 0.716. The molecular formula is C17H17ClO3. The van der Waals surface area contributed by atoms with Gasteiger partial charge in [-0.05, 0) is 41.8 Å². The molecule has 0 radical (unpaired) electrons. The number of methoxy groups -OCH3 is 1. The van der Waals surface area contributed by atoms with E-state index in [4.69, 9.17) is 21.1 Å². The van der Waals surface area contributed by atoms with Crippen molar-refractivity contribution in [1.82, 2.24) is 0 Å². The molecule has 3 nitrogen and oxygen atoms in total. The van der Waals surface area contributed by atoms with Crippen molar-refractivity contribution in [3.8, 4) is 5.75 Å². The number of esters is 1. The summed E-state index contributed by atoms with van der Waals surface area (Å²) in [6, 6.07) is 13.2. The van der Waals surface area contributed by atoms with Crippen LogP contribution in [0.1, 0.15) is 16.7 Å². The fraction of sp³-hybridized carbons (Fsp3) is 0.235. The minimum atomic E-state index is -0.259. The van der Waals surface area contributed by atoms with Crippen molar-refractivity contribution < 1.29 is 14.3 Å². The van der Waals surface area contributed by atoms with Crippen LogP contribution in [0.15, 0.2) is 42.5 Å². The number of hydrogen-bond acceptors (Lipinski definition) is 3. The van der Waals surface area contributed by atoms with Crippen molar-refractivity contribution in [2.45, 2.75) is 20.0 Å². The Balaban J connectivity index is 2.09. The number of hydrogen-bond donors (Lipinski definition) is 0. The van der Waals surface area contributed by atoms with Gasteiger partial charge in [0, 0.05) is 5.02 Å². The molecule has 2 aromatic carbocycles. The molecule has 21 heavy (non-hydrogen) atoms. The maximum Gasteiger partial charge on any atom is 0.309 e. The summed E-state index contributed by atoms with van der Waals surface area (Å²) in [6.45, 7) is 2.33. The van der Waals surface area contributed by atoms with Gasteiger partial charge in [-0.2, -0.15) is 0 Å². The minimum absolute atomic E-state index is 0.246. The van der Waals surface area contributed by atoms with Gasteiger partial charge in [0.05, 0.1) is 13.5 Å². The number of halogens is 1. The minimum Gasteiger partial charge on any atom is -0.489 e. The standard InChI is InChI=1S/C17H17ClO3/c1-12-9-15(7-8-16(12)18)21-11-14-6-4-3-5-13(14)10-17(19)20-2/h3-9H,10-11H2,1-2H3. The summed E-state index contributed by atoms with van der Waals surface area (Å²) >= 11 is 5.99. The second kappa shape index (κ2) is 7.14. The first kappa shape index (κ1) is 15.4. The van der Waals surface area contributed by atoms with E-state index >= 15 is 0 Å². The molecule has 0 N–H and O–H groups in total. The van der Waals surface area contributed by atoms with Gasteiger partial charge in [0.1, 0.15) is 12.4 Å². The zero-order valence-electron chi connectivity index (χ0n) is 12.1. The number of aryl methyl sites for hydroxylation is 1. The third-order valence-corrected chi connectivity index (χ3v) is 3.63. The highest BCUT2D eigenvalue weighted by Gasteiger charge is 2.08. The van der Waals surface area contributed by atoms with Crippen LogP contribution in [-0.2, 0) is 22.6 Å². The Morgan fingerprint density at radius 3 is 2.52 bits per heavy atom. The summed E-state index contributed by atoms with van der Waals surface area (Å²) in [4.78, 5) is 11.4. The van der Waals surface area contributed by atoms with Crippen LogP contribution in [0.4, 0.5) is 0 Å². The van der Waals surface area contributed by atoms with Crippen LogP contribution in [0.25, 0.3) is 0 Å². The van der Waals surface area contributed by atoms with Crippen molar-refractivity contribution in [2.24, 2.45) is 0 Å². The lowest BCUT2D eigenvalue weighted by Crippen LogP contribution is -2.08. The van der Waals surface area contributed by atoms with Crippen LogP contribution in [-0.4, -0.2) is 13.1 Å². The van der Waals surface area contributed by atoms with E-state index in [-0.39, 0.29) is 12.4 Å². The van der Waals surface area contributed by atoms with Crippen LogP contribution < -0.4 is 4.74 Å². The summed E-state index contributed by atoms with van der Waals surface area (Å²) in [5.74, 6) is 0.495. The van der Waals surface area contributed by atoms with Crippen molar-refractivity contribution in [3.05, 3.63) is 64.2 Å². The van der Waals surface area contributed by atoms with Crippen molar-refractivity contribution >= 4 is 17.6 Å². The van der Waals surface area contributed by atoms with E-state index in [1.165, 1.54) is 7.11 Å². The maximum absolute atomic E-state index is 11.4. The first-order valence-corrected chi connectivity index (χ1v) is 7.00. The number of carbonyl (C=O) groups excluding carboxylic acids is 1. The van der Waals surface area contributed by atoms with Crippen LogP contribution in [0.3, 0.4) is 0 Å². The van der Waals surface area contributed by atoms with Gasteiger partial charge >= 0.3 is 5.97 Å². The lowest BCUT2D eigenvalue weighted by molar-refractivity contribution is -0.139. The van der Waals surface area contributed by atoms with E-state index in [1.54, 1.807) is 0 Å². The lowest BCUT2D eigenvalue weighted by Gasteiger charge is -2.11. The molecule has 0 amide bonds. The molecule has 110 valence electrons. The smallest absolute Gasteiger partial charge is 0.309 e. The van der Waals surface area contributed by atoms with Crippen molar-refractivity contribution in [3.63, 3.8) is 0 Å². The second-order valence-corrected chi connectivity index (χ2v) is 5.13. The van der Waals surface area contributed by atoms with E-state index in [2.05, 4.69) is 0 Å². The highest BCUT2D eigenvalue weighted by Crippen LogP contribution is 2.22. The quantitative estimate of drug-likeness (QED) is 0.785. The molecule has 0 unspecified atom stereocenters. The van der Waals surface area contributed by atoms with Gasteiger partial charge in [-0.3, -0.25) is 4.79 Å². The Labute approximate surface area is 129 Å². The zero-order valence-corrected chi connectivity index (χ0v) is 12.8. The van der Waals surface area contributed by atoms with Gasteiger partial charge < -0.3 is 9.47 Å². The van der Waals surface area contributed by atoms with Gasteiger partial charge in [0.2, 0.25) is 0 Å². The van der Waals surface area contributed by atoms with Crippen LogP contribution in [0, 0.1) is 6.92 Å². The average Bonchev–Trinajstić information content (AvgIpc) is 2.49. The Morgan fingerprint density at radius 1 is 1.14 bits per heavy atom. The summed E-state index contributed by atoms with van der Waals surface area (Å²) < 4.78 is 10.5. The average molecular weight is 305 g/mol. The third-order valence-electron chi connectivity index (χ3n) is 3.20. The van der Waals surface area contributed by atoms with E-state index in [1.807, 2.05) is 49.4 Å². The number of rotatable bonds is 5. The summed E-state index contributed by atoms with van der Waals surface area (Å²) in [7, 11) is 1.39. The SMILES string of the molecule is COC(=O)Cc1ccccc1COc1ccc(Cl)c(C)c1. The van der Waals surface area contributed by atoms with E-state index in [0.717, 1.165) is 22.4 Å². The Kier molecular flexibility index (Phi) is 5.23. The van der Waals surface area contributed by atoms with Gasteiger partial charge in [-0.1, -0.05) is 35.9 Å². The van der Waals surface area contributed by atoms with Crippen LogP contribution >= 0.6 is 11.6 Å². The highest BCUT2D eigenvalue weighted by molar-refractivity contribution is 6.31. The monoisotopic (exact) mass is 304 g/mol. The number of carbonyl (C=O) groups is 1. The Bertz CT molecular complexity index is 638. The van der Waals surface area contributed by atoms with Crippen LogP contribution in [0.2, 0.25) is 5.02 Å². The van der Waals surface area contributed by atoms with Crippen LogP contribution in [0.5, 0.6) is 5.75 Å². The molecule has 2 aromatic rings. The first-order valence-electron chi connectivity index (χ1n) is 6.62. The van der Waals surface area contributed by atoms with Crippen molar-refractivity contribution in [1.29, 1.82) is 0 Å². The molecule has 4 heteroatoms. The largest absolute Gasteiger partial charge is 0.489 e. The molecule has 0 saturated heterocycles. The molecule has 0 aliphatic heterocycles. The molecule has 0 atom stereocenters. The molecule has 2 rings (SSSR count). The predicted octanol–water partition coefficient (Wildman–Crippen LogP) is 3.94. The Hall–Kier alpha value is -2.00. The molecule has 0 saturated carbocycles. The second-order valence-electron chi connectivity index (χ2n) is 4.72. The molecule has 0 fully saturated rings. The van der Waals surface area contributed by atoms with Gasteiger partial charge in [-0.25, -0.2) is 0 Å². The van der Waals surface area contributed by atoms with Gasteiger partial charge in [0.25, 0.3) is 0 Å². The highest BCUT2D eigenvalue weighted by atomic mass is 35.5. The fourth-order valence-corrected chi connectivity index (χ4v) is 2.08. The van der Waals surface area contributed by atoms with E-state index in [0.29, 0.717) is 11.6 Å². The number of ether oxygens (including phenoxy) is 2. The molecular weight excluding hydrogens is 288 g/mol. The van der Waals surface area contributed by atoms with E-state index < -0.39 is 0 Å². The van der Waals surface area contributed by atoms with Gasteiger partial charge in [0.15, 0.2) is 0 Å². The maximum atomic E-state index is 11.4. The van der Waals surface area contributed by atoms with E-state index in [9.17, 15) is 4.79 Å². The Morgan fingerprint density at radius 2 is 1.86 bits per heavy atom. The molecule has 0 heterocycles. The molecule has 0 aliphatic carbocycles. The summed E-state index contributed by atoms with van der Waals surface area (Å²) in [6.07, 6.45) is 0.246. The molecule has 0 spiro atoms. The predicted molar refractivity (Wildman–Crippen MR) is 82.7 cm³/mol. The summed E-state index contributed by atoms with van der Waals surface area (Å²) in [5.41, 5.74) is 2.85. The zero-order chi connectivity index (χ0) is 15.2. The third kappa shape index (κ3) is 4.23. The topological polar surface area (TPSA) is 35.5 Å². The molecule has 0 bridgehead atoms. The molecule has 0 aromatic heterocycles. The number of benzene rings is 2. The van der Waals surface area contributed by atoms with Gasteiger partial charge in [-0.15, -0.1) is 0 Å². The molecule has 0 aliphatic rings. The fourth-order valence-electron chi connectivity index (χ4n) is 1.97. The normalized spacial score (nSPS) is 10.2. The first-order chi connectivity index (χ1) is 10.1.